The van der Waals surface area contributed by atoms with Crippen LogP contribution in [0.3, 0.4) is 0 Å². The number of hydrogen-bond acceptors (Lipinski definition) is 4. The van der Waals surface area contributed by atoms with Crippen molar-refractivity contribution in [2.45, 2.75) is 18.7 Å². The van der Waals surface area contributed by atoms with Gasteiger partial charge in [-0.25, -0.2) is 8.42 Å². The van der Waals surface area contributed by atoms with Crippen molar-refractivity contribution in [1.82, 2.24) is 15.2 Å². The van der Waals surface area contributed by atoms with Crippen LogP contribution < -0.4 is 10.3 Å². The molecule has 2 N–H and O–H groups in total. The Morgan fingerprint density at radius 3 is 2.52 bits per heavy atom. The Morgan fingerprint density at radius 1 is 1.22 bits per heavy atom. The van der Waals surface area contributed by atoms with Gasteiger partial charge in [0.15, 0.2) is 0 Å². The molecule has 1 amide bonds. The lowest BCUT2D eigenvalue weighted by molar-refractivity contribution is 0.0940. The maximum atomic E-state index is 12.4. The molecule has 0 saturated carbocycles. The molecule has 0 saturated heterocycles. The van der Waals surface area contributed by atoms with Crippen molar-refractivity contribution in [2.75, 3.05) is 0 Å². The molecular weight excluding hydrogens is 361 g/mol. The van der Waals surface area contributed by atoms with Crippen molar-refractivity contribution in [1.29, 1.82) is 0 Å². The summed E-state index contributed by atoms with van der Waals surface area (Å²) in [6.07, 6.45) is 1.42. The van der Waals surface area contributed by atoms with Crippen LogP contribution in [-0.2, 0) is 10.0 Å². The van der Waals surface area contributed by atoms with Crippen molar-refractivity contribution in [3.8, 4) is 0 Å². The number of aromatic nitrogens is 1. The number of nitrogens with zero attached hydrogens (tertiary/aromatic N) is 1. The van der Waals surface area contributed by atoms with E-state index in [0.29, 0.717) is 11.1 Å². The highest BCUT2D eigenvalue weighted by Crippen LogP contribution is 2.33. The number of hydrogen-bond donors (Lipinski definition) is 2. The van der Waals surface area contributed by atoms with Crippen LogP contribution in [0.4, 0.5) is 0 Å². The molecule has 1 aromatic heterocycles. The minimum Gasteiger partial charge on any atom is -0.272 e. The van der Waals surface area contributed by atoms with E-state index in [0.717, 1.165) is 0 Å². The monoisotopic (exact) mass is 373 g/mol. The number of carbonyl (C=O) groups is 1. The van der Waals surface area contributed by atoms with Crippen molar-refractivity contribution in [3.05, 3.63) is 57.3 Å². The number of halogens is 2. The van der Waals surface area contributed by atoms with Gasteiger partial charge < -0.3 is 0 Å². The Labute approximate surface area is 143 Å². The highest BCUT2D eigenvalue weighted by molar-refractivity contribution is 7.89. The summed E-state index contributed by atoms with van der Waals surface area (Å²) in [6.45, 7) is 3.17. The molecule has 0 radical (unpaired) electrons. The summed E-state index contributed by atoms with van der Waals surface area (Å²) in [5.41, 5.74) is 2.97. The maximum Gasteiger partial charge on any atom is 0.284 e. The van der Waals surface area contributed by atoms with Crippen LogP contribution >= 0.6 is 23.2 Å². The number of benzene rings is 1. The molecule has 0 atom stereocenters. The standard InChI is InChI=1S/C14H13Cl2N3O3S/c1-8-7-10(15)9(2)13(12(8)16)23(21,22)19-18-14(20)11-5-3-4-6-17-11/h3-7,19H,1-2H3,(H,18,20). The second-order valence-corrected chi connectivity index (χ2v) is 7.12. The SMILES string of the molecule is Cc1cc(Cl)c(C)c(S(=O)(=O)NNC(=O)c2ccccn2)c1Cl. The molecule has 1 aromatic carbocycles. The van der Waals surface area contributed by atoms with Gasteiger partial charge in [-0.1, -0.05) is 29.3 Å². The summed E-state index contributed by atoms with van der Waals surface area (Å²) in [4.78, 5) is 17.5. The first-order chi connectivity index (χ1) is 10.7. The number of aryl methyl sites for hydroxylation is 1. The smallest absolute Gasteiger partial charge is 0.272 e. The average molecular weight is 374 g/mol. The molecule has 0 bridgehead atoms. The van der Waals surface area contributed by atoms with Crippen molar-refractivity contribution < 1.29 is 13.2 Å². The van der Waals surface area contributed by atoms with E-state index in [4.69, 9.17) is 23.2 Å². The summed E-state index contributed by atoms with van der Waals surface area (Å²) in [7, 11) is -4.10. The van der Waals surface area contributed by atoms with Crippen molar-refractivity contribution >= 4 is 39.1 Å². The van der Waals surface area contributed by atoms with Gasteiger partial charge in [0.2, 0.25) is 0 Å². The van der Waals surface area contributed by atoms with Crippen LogP contribution in [-0.4, -0.2) is 19.3 Å². The summed E-state index contributed by atoms with van der Waals surface area (Å²) >= 11 is 12.1. The molecule has 6 nitrogen and oxygen atoms in total. The highest BCUT2D eigenvalue weighted by atomic mass is 35.5. The number of sulfonamides is 1. The molecule has 23 heavy (non-hydrogen) atoms. The van der Waals surface area contributed by atoms with E-state index in [1.54, 1.807) is 25.1 Å². The normalized spacial score (nSPS) is 11.3. The number of amides is 1. The second kappa shape index (κ2) is 6.84. The van der Waals surface area contributed by atoms with E-state index < -0.39 is 15.9 Å². The van der Waals surface area contributed by atoms with Crippen LogP contribution in [0.15, 0.2) is 35.4 Å². The average Bonchev–Trinajstić information content (AvgIpc) is 2.51. The first kappa shape index (κ1) is 17.7. The van der Waals surface area contributed by atoms with Crippen LogP contribution in [0, 0.1) is 13.8 Å². The number of nitrogens with one attached hydrogen (secondary N) is 2. The molecule has 9 heteroatoms. The molecule has 0 fully saturated rings. The third-order valence-electron chi connectivity index (χ3n) is 3.05. The second-order valence-electron chi connectivity index (χ2n) is 4.72. The fraction of sp³-hybridized carbons (Fsp3) is 0.143. The number of hydrazine groups is 1. The van der Waals surface area contributed by atoms with Crippen molar-refractivity contribution in [3.63, 3.8) is 0 Å². The molecule has 0 spiro atoms. The molecule has 0 unspecified atom stereocenters. The van der Waals surface area contributed by atoms with Crippen LogP contribution in [0.5, 0.6) is 0 Å². The van der Waals surface area contributed by atoms with E-state index in [-0.39, 0.29) is 20.6 Å². The molecular formula is C14H13Cl2N3O3S. The van der Waals surface area contributed by atoms with E-state index in [2.05, 4.69) is 10.4 Å². The fourth-order valence-corrected chi connectivity index (χ4v) is 3.91. The van der Waals surface area contributed by atoms with Crippen LogP contribution in [0.25, 0.3) is 0 Å². The van der Waals surface area contributed by atoms with Gasteiger partial charge in [-0.05, 0) is 43.2 Å². The maximum absolute atomic E-state index is 12.4. The van der Waals surface area contributed by atoms with Gasteiger partial charge in [0.25, 0.3) is 15.9 Å². The zero-order valence-electron chi connectivity index (χ0n) is 12.2. The Morgan fingerprint density at radius 2 is 1.91 bits per heavy atom. The lowest BCUT2D eigenvalue weighted by Crippen LogP contribution is -2.42. The number of carbonyl (C=O) groups excluding carboxylic acids is 1. The lowest BCUT2D eigenvalue weighted by atomic mass is 10.2. The number of rotatable bonds is 4. The molecule has 122 valence electrons. The molecule has 0 aliphatic rings. The van der Waals surface area contributed by atoms with Gasteiger partial charge in [0.05, 0.1) is 5.02 Å². The number of pyridine rings is 1. The summed E-state index contributed by atoms with van der Waals surface area (Å²) in [6, 6.07) is 6.27. The quantitative estimate of drug-likeness (QED) is 0.806. The zero-order valence-corrected chi connectivity index (χ0v) is 14.6. The Bertz CT molecular complexity index is 829. The predicted octanol–water partition coefficient (Wildman–Crippen LogP) is 2.63. The van der Waals surface area contributed by atoms with Gasteiger partial charge in [0, 0.05) is 11.2 Å². The highest BCUT2D eigenvalue weighted by Gasteiger charge is 2.24. The molecule has 0 aliphatic carbocycles. The van der Waals surface area contributed by atoms with Gasteiger partial charge in [-0.15, -0.1) is 4.83 Å². The lowest BCUT2D eigenvalue weighted by Gasteiger charge is -2.14. The molecule has 0 aliphatic heterocycles. The minimum atomic E-state index is -4.10. The van der Waals surface area contributed by atoms with E-state index >= 15 is 0 Å². The molecule has 1 heterocycles. The summed E-state index contributed by atoms with van der Waals surface area (Å²) in [5, 5.41) is 0.315. The predicted molar refractivity (Wildman–Crippen MR) is 88.0 cm³/mol. The molecule has 2 rings (SSSR count). The Balaban J connectivity index is 2.29. The molecule has 2 aromatic rings. The third-order valence-corrected chi connectivity index (χ3v) is 5.46. The fourth-order valence-electron chi connectivity index (χ4n) is 1.86. The van der Waals surface area contributed by atoms with E-state index in [1.165, 1.54) is 19.2 Å². The largest absolute Gasteiger partial charge is 0.284 e. The Hall–Kier alpha value is -1.67. The Kier molecular flexibility index (Phi) is 5.26. The van der Waals surface area contributed by atoms with Gasteiger partial charge in [-0.3, -0.25) is 15.2 Å². The topological polar surface area (TPSA) is 88.2 Å². The van der Waals surface area contributed by atoms with Gasteiger partial charge >= 0.3 is 0 Å². The van der Waals surface area contributed by atoms with Crippen molar-refractivity contribution in [2.24, 2.45) is 0 Å². The first-order valence-electron chi connectivity index (χ1n) is 6.42. The third kappa shape index (κ3) is 3.81. The first-order valence-corrected chi connectivity index (χ1v) is 8.66. The van der Waals surface area contributed by atoms with E-state index in [1.807, 2.05) is 4.83 Å². The van der Waals surface area contributed by atoms with Crippen LogP contribution in [0.2, 0.25) is 10.0 Å². The summed E-state index contributed by atoms with van der Waals surface area (Å²) in [5.74, 6) is -0.693. The summed E-state index contributed by atoms with van der Waals surface area (Å²) < 4.78 is 24.8. The van der Waals surface area contributed by atoms with E-state index in [9.17, 15) is 13.2 Å². The van der Waals surface area contributed by atoms with Gasteiger partial charge in [0.1, 0.15) is 10.6 Å². The minimum absolute atomic E-state index is 0.0477. The van der Waals surface area contributed by atoms with Gasteiger partial charge in [-0.2, -0.15) is 0 Å². The zero-order chi connectivity index (χ0) is 17.2. The van der Waals surface area contributed by atoms with Crippen LogP contribution in [0.1, 0.15) is 21.6 Å².